The minimum Gasteiger partial charge on any atom is -0.342 e. The molecule has 2 aliphatic rings. The molecule has 3 nitrogen and oxygen atoms in total. The fourth-order valence-electron chi connectivity index (χ4n) is 2.81. The van der Waals surface area contributed by atoms with Crippen LogP contribution in [0.3, 0.4) is 0 Å². The van der Waals surface area contributed by atoms with E-state index in [0.717, 1.165) is 44.3 Å². The minimum atomic E-state index is -0.0740. The second-order valence-electron chi connectivity index (χ2n) is 5.97. The van der Waals surface area contributed by atoms with Crippen LogP contribution < -0.4 is 5.73 Å². The van der Waals surface area contributed by atoms with Gasteiger partial charge in [-0.2, -0.15) is 0 Å². The molecule has 1 saturated carbocycles. The molecule has 0 aromatic heterocycles. The molecule has 1 aromatic carbocycles. The summed E-state index contributed by atoms with van der Waals surface area (Å²) in [6, 6.07) is 8.30. The fraction of sp³-hybridized carbons (Fsp3) is 0.562. The number of piperidine rings is 1. The Morgan fingerprint density at radius 2 is 1.74 bits per heavy atom. The Labute approximate surface area is 114 Å². The van der Waals surface area contributed by atoms with Crippen molar-refractivity contribution < 1.29 is 4.79 Å². The molecule has 1 amide bonds. The van der Waals surface area contributed by atoms with Gasteiger partial charge < -0.3 is 10.6 Å². The fourth-order valence-corrected chi connectivity index (χ4v) is 2.81. The summed E-state index contributed by atoms with van der Waals surface area (Å²) in [4.78, 5) is 14.2. The Balaban J connectivity index is 1.61. The highest BCUT2D eigenvalue weighted by molar-refractivity contribution is 5.78. The molecule has 3 heteroatoms. The molecule has 2 N–H and O–H groups in total. The Bertz CT molecular complexity index is 456. The molecule has 1 saturated heterocycles. The Hall–Kier alpha value is -1.35. The Morgan fingerprint density at radius 1 is 1.11 bits per heavy atom. The lowest BCUT2D eigenvalue weighted by Gasteiger charge is -2.26. The van der Waals surface area contributed by atoms with Crippen LogP contribution in [0.5, 0.6) is 0 Å². The van der Waals surface area contributed by atoms with E-state index in [-0.39, 0.29) is 11.4 Å². The highest BCUT2D eigenvalue weighted by Crippen LogP contribution is 2.42. The van der Waals surface area contributed by atoms with Crippen LogP contribution in [0.2, 0.25) is 0 Å². The maximum atomic E-state index is 12.2. The number of nitrogens with two attached hydrogens (primary N) is 1. The van der Waals surface area contributed by atoms with Crippen molar-refractivity contribution in [2.24, 2.45) is 5.73 Å². The first-order chi connectivity index (χ1) is 9.17. The zero-order valence-electron chi connectivity index (χ0n) is 11.4. The van der Waals surface area contributed by atoms with E-state index >= 15 is 0 Å². The first-order valence-corrected chi connectivity index (χ1v) is 7.33. The predicted molar refractivity (Wildman–Crippen MR) is 75.7 cm³/mol. The summed E-state index contributed by atoms with van der Waals surface area (Å²) in [6.45, 7) is 1.87. The van der Waals surface area contributed by atoms with E-state index in [0.29, 0.717) is 6.42 Å². The number of benzene rings is 1. The molecular formula is C16H22N2O. The first-order valence-electron chi connectivity index (χ1n) is 7.33. The van der Waals surface area contributed by atoms with Crippen molar-refractivity contribution in [3.05, 3.63) is 35.4 Å². The zero-order valence-corrected chi connectivity index (χ0v) is 11.4. The smallest absolute Gasteiger partial charge is 0.226 e. The third-order valence-corrected chi connectivity index (χ3v) is 4.38. The highest BCUT2D eigenvalue weighted by atomic mass is 16.2. The van der Waals surface area contributed by atoms with Gasteiger partial charge in [0.2, 0.25) is 5.91 Å². The molecule has 0 bridgehead atoms. The monoisotopic (exact) mass is 258 g/mol. The van der Waals surface area contributed by atoms with Crippen molar-refractivity contribution >= 4 is 5.91 Å². The average molecular weight is 258 g/mol. The molecule has 1 heterocycles. The molecule has 1 aliphatic carbocycles. The van der Waals surface area contributed by atoms with E-state index in [1.54, 1.807) is 0 Å². The van der Waals surface area contributed by atoms with E-state index in [2.05, 4.69) is 24.3 Å². The van der Waals surface area contributed by atoms with Gasteiger partial charge in [-0.25, -0.2) is 0 Å². The van der Waals surface area contributed by atoms with Gasteiger partial charge >= 0.3 is 0 Å². The van der Waals surface area contributed by atoms with E-state index < -0.39 is 0 Å². The molecule has 0 unspecified atom stereocenters. The Kier molecular flexibility index (Phi) is 3.31. The number of likely N-dealkylation sites (tertiary alicyclic amines) is 1. The highest BCUT2D eigenvalue weighted by Gasteiger charge is 2.39. The molecule has 2 fully saturated rings. The normalized spacial score (nSPS) is 21.2. The van der Waals surface area contributed by atoms with Crippen LogP contribution in [-0.2, 0) is 16.8 Å². The van der Waals surface area contributed by atoms with Gasteiger partial charge in [-0.05, 0) is 43.2 Å². The first kappa shape index (κ1) is 12.7. The summed E-state index contributed by atoms with van der Waals surface area (Å²) in [5, 5.41) is 0. The van der Waals surface area contributed by atoms with Crippen molar-refractivity contribution in [3.8, 4) is 0 Å². The average Bonchev–Trinajstić information content (AvgIpc) is 3.20. The number of carbonyl (C=O) groups is 1. The minimum absolute atomic E-state index is 0.0740. The van der Waals surface area contributed by atoms with Crippen LogP contribution in [0.15, 0.2) is 24.3 Å². The molecule has 1 aliphatic heterocycles. The van der Waals surface area contributed by atoms with Gasteiger partial charge in [0.15, 0.2) is 0 Å². The summed E-state index contributed by atoms with van der Waals surface area (Å²) in [5.41, 5.74) is 8.40. The van der Waals surface area contributed by atoms with Crippen molar-refractivity contribution in [2.75, 3.05) is 13.1 Å². The molecule has 3 rings (SSSR count). The number of hydrogen-bond acceptors (Lipinski definition) is 2. The van der Waals surface area contributed by atoms with Crippen molar-refractivity contribution in [3.63, 3.8) is 0 Å². The second-order valence-corrected chi connectivity index (χ2v) is 5.97. The van der Waals surface area contributed by atoms with Crippen LogP contribution in [0.1, 0.15) is 43.2 Å². The third kappa shape index (κ3) is 2.81. The number of amides is 1. The van der Waals surface area contributed by atoms with Crippen LogP contribution in [0.25, 0.3) is 0 Å². The zero-order chi connectivity index (χ0) is 13.3. The molecule has 19 heavy (non-hydrogen) atoms. The standard InChI is InChI=1S/C16H22N2O/c17-16(8-9-16)14-6-4-13(5-7-14)12-15(19)18-10-2-1-3-11-18/h4-7H,1-3,8-12,17H2. The van der Waals surface area contributed by atoms with Gasteiger partial charge in [-0.15, -0.1) is 0 Å². The molecular weight excluding hydrogens is 236 g/mol. The topological polar surface area (TPSA) is 46.3 Å². The van der Waals surface area contributed by atoms with Crippen molar-refractivity contribution in [1.82, 2.24) is 4.90 Å². The van der Waals surface area contributed by atoms with E-state index in [1.165, 1.54) is 12.0 Å². The molecule has 0 spiro atoms. The Morgan fingerprint density at radius 3 is 2.32 bits per heavy atom. The lowest BCUT2D eigenvalue weighted by atomic mass is 10.0. The van der Waals surface area contributed by atoms with Gasteiger partial charge in [0.1, 0.15) is 0 Å². The van der Waals surface area contributed by atoms with Crippen LogP contribution >= 0.6 is 0 Å². The van der Waals surface area contributed by atoms with Crippen molar-refractivity contribution in [2.45, 2.75) is 44.1 Å². The van der Waals surface area contributed by atoms with Gasteiger partial charge in [-0.1, -0.05) is 24.3 Å². The van der Waals surface area contributed by atoms with Crippen LogP contribution in [0, 0.1) is 0 Å². The second kappa shape index (κ2) is 4.97. The van der Waals surface area contributed by atoms with E-state index in [4.69, 9.17) is 5.73 Å². The third-order valence-electron chi connectivity index (χ3n) is 4.38. The van der Waals surface area contributed by atoms with Gasteiger partial charge in [0.05, 0.1) is 6.42 Å². The molecule has 0 atom stereocenters. The van der Waals surface area contributed by atoms with E-state index in [9.17, 15) is 4.79 Å². The molecule has 1 aromatic rings. The molecule has 0 radical (unpaired) electrons. The predicted octanol–water partition coefficient (Wildman–Crippen LogP) is 2.19. The lowest BCUT2D eigenvalue weighted by molar-refractivity contribution is -0.131. The summed E-state index contributed by atoms with van der Waals surface area (Å²) in [6.07, 6.45) is 6.26. The van der Waals surface area contributed by atoms with Gasteiger partial charge in [-0.3, -0.25) is 4.79 Å². The number of carbonyl (C=O) groups excluding carboxylic acids is 1. The number of nitrogens with zero attached hydrogens (tertiary/aromatic N) is 1. The summed E-state index contributed by atoms with van der Waals surface area (Å²) in [5.74, 6) is 0.265. The lowest BCUT2D eigenvalue weighted by Crippen LogP contribution is -2.36. The van der Waals surface area contributed by atoms with Gasteiger partial charge in [0, 0.05) is 18.6 Å². The van der Waals surface area contributed by atoms with Gasteiger partial charge in [0.25, 0.3) is 0 Å². The van der Waals surface area contributed by atoms with Crippen LogP contribution in [-0.4, -0.2) is 23.9 Å². The quantitative estimate of drug-likeness (QED) is 0.903. The number of rotatable bonds is 3. The maximum absolute atomic E-state index is 12.2. The SMILES string of the molecule is NC1(c2ccc(CC(=O)N3CCCCC3)cc2)CC1. The largest absolute Gasteiger partial charge is 0.342 e. The maximum Gasteiger partial charge on any atom is 0.226 e. The molecule has 102 valence electrons. The summed E-state index contributed by atoms with van der Waals surface area (Å²) in [7, 11) is 0. The van der Waals surface area contributed by atoms with Crippen LogP contribution in [0.4, 0.5) is 0 Å². The summed E-state index contributed by atoms with van der Waals surface area (Å²) < 4.78 is 0. The summed E-state index contributed by atoms with van der Waals surface area (Å²) >= 11 is 0. The van der Waals surface area contributed by atoms with Crippen molar-refractivity contribution in [1.29, 1.82) is 0 Å². The number of hydrogen-bond donors (Lipinski definition) is 1. The van der Waals surface area contributed by atoms with E-state index in [1.807, 2.05) is 4.90 Å².